The summed E-state index contributed by atoms with van der Waals surface area (Å²) in [6, 6.07) is 3.78. The molecule has 108 valence electrons. The van der Waals surface area contributed by atoms with Gasteiger partial charge in [-0.05, 0) is 0 Å². The van der Waals surface area contributed by atoms with Gasteiger partial charge < -0.3 is 15.0 Å². The van der Waals surface area contributed by atoms with Gasteiger partial charge >= 0.3 is 11.8 Å². The molecule has 0 radical (unpaired) electrons. The van der Waals surface area contributed by atoms with Gasteiger partial charge in [-0.25, -0.2) is 4.79 Å². The van der Waals surface area contributed by atoms with Crippen molar-refractivity contribution in [2.75, 3.05) is 26.2 Å². The van der Waals surface area contributed by atoms with Crippen LogP contribution in [0.5, 0.6) is 0 Å². The highest BCUT2D eigenvalue weighted by atomic mass is 19.1. The minimum Gasteiger partial charge on any atom is -0.444 e. The zero-order chi connectivity index (χ0) is 14.5. The van der Waals surface area contributed by atoms with Crippen LogP contribution in [0.25, 0.3) is 0 Å². The number of halogens is 1. The fraction of sp³-hybridized carbons (Fsp3) is 0.417. The predicted molar refractivity (Wildman–Crippen MR) is 67.7 cm³/mol. The van der Waals surface area contributed by atoms with E-state index in [1.165, 1.54) is 17.0 Å². The Labute approximate surface area is 114 Å². The van der Waals surface area contributed by atoms with Crippen molar-refractivity contribution in [1.29, 1.82) is 0 Å². The number of hydrogen-bond donors (Lipinski definition) is 1. The number of carbonyl (C=O) groups is 1. The van der Waals surface area contributed by atoms with Crippen molar-refractivity contribution in [3.05, 3.63) is 39.7 Å². The van der Waals surface area contributed by atoms with Gasteiger partial charge in [0.05, 0.1) is 4.92 Å². The van der Waals surface area contributed by atoms with Crippen molar-refractivity contribution in [2.45, 2.75) is 6.61 Å². The van der Waals surface area contributed by atoms with E-state index in [0.717, 1.165) is 6.07 Å². The largest absolute Gasteiger partial charge is 0.444 e. The molecule has 1 fully saturated rings. The molecule has 1 aliphatic heterocycles. The third kappa shape index (κ3) is 3.21. The molecule has 1 N–H and O–H groups in total. The lowest BCUT2D eigenvalue weighted by Gasteiger charge is -2.26. The van der Waals surface area contributed by atoms with E-state index in [0.29, 0.717) is 26.2 Å². The number of amides is 1. The molecule has 8 heteroatoms. The molecule has 0 atom stereocenters. The molecule has 2 rings (SSSR count). The van der Waals surface area contributed by atoms with Crippen molar-refractivity contribution in [3.63, 3.8) is 0 Å². The number of nitrogens with zero attached hydrogens (tertiary/aromatic N) is 2. The second kappa shape index (κ2) is 6.29. The van der Waals surface area contributed by atoms with Gasteiger partial charge in [-0.3, -0.25) is 10.1 Å². The molecule has 1 aromatic rings. The zero-order valence-electron chi connectivity index (χ0n) is 10.7. The smallest absolute Gasteiger partial charge is 0.410 e. The van der Waals surface area contributed by atoms with E-state index in [9.17, 15) is 19.3 Å². The summed E-state index contributed by atoms with van der Waals surface area (Å²) in [5, 5.41) is 13.7. The Morgan fingerprint density at radius 2 is 2.15 bits per heavy atom. The van der Waals surface area contributed by atoms with E-state index in [4.69, 9.17) is 4.74 Å². The maximum absolute atomic E-state index is 13.8. The van der Waals surface area contributed by atoms with Gasteiger partial charge in [0.2, 0.25) is 5.82 Å². The number of nitro benzene ring substituents is 1. The molecule has 0 unspecified atom stereocenters. The van der Waals surface area contributed by atoms with Crippen LogP contribution in [-0.2, 0) is 11.3 Å². The Morgan fingerprint density at radius 3 is 2.80 bits per heavy atom. The van der Waals surface area contributed by atoms with Gasteiger partial charge in [-0.2, -0.15) is 4.39 Å². The van der Waals surface area contributed by atoms with Gasteiger partial charge in [0.15, 0.2) is 0 Å². The molecular weight excluding hydrogens is 269 g/mol. The standard InChI is InChI=1S/C12H14FN3O4/c13-11-9(2-1-3-10(11)16(18)19)8-20-12(17)15-6-4-14-5-7-15/h1-3,14H,4-8H2. The van der Waals surface area contributed by atoms with Crippen LogP contribution in [0.3, 0.4) is 0 Å². The van der Waals surface area contributed by atoms with E-state index >= 15 is 0 Å². The topological polar surface area (TPSA) is 84.7 Å². The second-order valence-corrected chi connectivity index (χ2v) is 4.30. The average molecular weight is 283 g/mol. The Bertz CT molecular complexity index is 517. The highest BCUT2D eigenvalue weighted by Crippen LogP contribution is 2.20. The zero-order valence-corrected chi connectivity index (χ0v) is 10.7. The van der Waals surface area contributed by atoms with E-state index in [1.807, 2.05) is 0 Å². The fourth-order valence-electron chi connectivity index (χ4n) is 1.90. The first-order valence-corrected chi connectivity index (χ1v) is 6.14. The third-order valence-corrected chi connectivity index (χ3v) is 2.98. The van der Waals surface area contributed by atoms with Crippen molar-refractivity contribution >= 4 is 11.8 Å². The molecule has 0 saturated carbocycles. The Morgan fingerprint density at radius 1 is 1.45 bits per heavy atom. The summed E-state index contributed by atoms with van der Waals surface area (Å²) < 4.78 is 18.7. The second-order valence-electron chi connectivity index (χ2n) is 4.30. The van der Waals surface area contributed by atoms with E-state index < -0.39 is 22.5 Å². The van der Waals surface area contributed by atoms with E-state index in [1.54, 1.807) is 0 Å². The average Bonchev–Trinajstić information content (AvgIpc) is 2.46. The minimum atomic E-state index is -0.967. The quantitative estimate of drug-likeness (QED) is 0.667. The van der Waals surface area contributed by atoms with Gasteiger partial charge in [0.1, 0.15) is 6.61 Å². The van der Waals surface area contributed by atoms with E-state index in [-0.39, 0.29) is 12.2 Å². The number of piperazine rings is 1. The SMILES string of the molecule is O=C(OCc1cccc([N+](=O)[O-])c1F)N1CCNCC1. The van der Waals surface area contributed by atoms with Crippen molar-refractivity contribution in [3.8, 4) is 0 Å². The summed E-state index contributed by atoms with van der Waals surface area (Å²) in [5.41, 5.74) is -0.636. The number of ether oxygens (including phenoxy) is 1. The maximum atomic E-state index is 13.8. The van der Waals surface area contributed by atoms with Crippen LogP contribution in [0.1, 0.15) is 5.56 Å². The summed E-state index contributed by atoms with van der Waals surface area (Å²) in [6.07, 6.45) is -0.544. The first-order chi connectivity index (χ1) is 9.59. The lowest BCUT2D eigenvalue weighted by Crippen LogP contribution is -2.46. The van der Waals surface area contributed by atoms with Gasteiger partial charge in [-0.15, -0.1) is 0 Å². The highest BCUT2D eigenvalue weighted by Gasteiger charge is 2.20. The van der Waals surface area contributed by atoms with Crippen LogP contribution >= 0.6 is 0 Å². The first kappa shape index (κ1) is 14.2. The van der Waals surface area contributed by atoms with Crippen LogP contribution < -0.4 is 5.32 Å². The molecule has 1 heterocycles. The summed E-state index contributed by atoms with van der Waals surface area (Å²) in [5.74, 6) is -0.967. The number of benzene rings is 1. The van der Waals surface area contributed by atoms with Crippen LogP contribution in [0.2, 0.25) is 0 Å². The van der Waals surface area contributed by atoms with Crippen molar-refractivity contribution < 1.29 is 18.8 Å². The lowest BCUT2D eigenvalue weighted by atomic mass is 10.2. The monoisotopic (exact) mass is 283 g/mol. The van der Waals surface area contributed by atoms with Gasteiger partial charge in [-0.1, -0.05) is 12.1 Å². The van der Waals surface area contributed by atoms with Crippen molar-refractivity contribution in [2.24, 2.45) is 0 Å². The molecule has 0 bridgehead atoms. The fourth-order valence-corrected chi connectivity index (χ4v) is 1.90. The Hall–Kier alpha value is -2.22. The molecule has 1 aromatic carbocycles. The number of nitrogens with one attached hydrogen (secondary N) is 1. The Balaban J connectivity index is 1.98. The lowest BCUT2D eigenvalue weighted by molar-refractivity contribution is -0.387. The molecule has 1 aliphatic rings. The summed E-state index contributed by atoms with van der Waals surface area (Å²) in [6.45, 7) is 2.09. The summed E-state index contributed by atoms with van der Waals surface area (Å²) in [4.78, 5) is 23.0. The number of hydrogen-bond acceptors (Lipinski definition) is 5. The van der Waals surface area contributed by atoms with Crippen LogP contribution in [0, 0.1) is 15.9 Å². The number of carbonyl (C=O) groups excluding carboxylic acids is 1. The molecule has 0 aliphatic carbocycles. The predicted octanol–water partition coefficient (Wildman–Crippen LogP) is 1.28. The third-order valence-electron chi connectivity index (χ3n) is 2.98. The van der Waals surface area contributed by atoms with E-state index in [2.05, 4.69) is 5.32 Å². The molecule has 0 aromatic heterocycles. The maximum Gasteiger partial charge on any atom is 0.410 e. The molecule has 7 nitrogen and oxygen atoms in total. The summed E-state index contributed by atoms with van der Waals surface area (Å²) in [7, 11) is 0. The Kier molecular flexibility index (Phi) is 4.46. The van der Waals surface area contributed by atoms with Crippen molar-refractivity contribution in [1.82, 2.24) is 10.2 Å². The first-order valence-electron chi connectivity index (χ1n) is 6.14. The minimum absolute atomic E-state index is 0.0114. The molecule has 1 saturated heterocycles. The molecular formula is C12H14FN3O4. The summed E-state index contributed by atoms with van der Waals surface area (Å²) >= 11 is 0. The highest BCUT2D eigenvalue weighted by molar-refractivity contribution is 5.67. The van der Waals surface area contributed by atoms with Crippen LogP contribution in [0.4, 0.5) is 14.9 Å². The molecule has 20 heavy (non-hydrogen) atoms. The van der Waals surface area contributed by atoms with Crippen LogP contribution in [-0.4, -0.2) is 42.1 Å². The van der Waals surface area contributed by atoms with Crippen LogP contribution in [0.15, 0.2) is 18.2 Å². The number of rotatable bonds is 3. The normalized spacial score (nSPS) is 14.9. The number of nitro groups is 1. The van der Waals surface area contributed by atoms with Gasteiger partial charge in [0.25, 0.3) is 0 Å². The molecule has 1 amide bonds. The molecule has 0 spiro atoms. The van der Waals surface area contributed by atoms with Gasteiger partial charge in [0, 0.05) is 37.8 Å².